The van der Waals surface area contributed by atoms with E-state index >= 15 is 0 Å². The van der Waals surface area contributed by atoms with E-state index in [0.29, 0.717) is 25.6 Å². The molecule has 0 radical (unpaired) electrons. The van der Waals surface area contributed by atoms with Gasteiger partial charge in [0.15, 0.2) is 0 Å². The molecule has 2 fully saturated rings. The molecule has 0 saturated carbocycles. The van der Waals surface area contributed by atoms with Gasteiger partial charge in [-0.3, -0.25) is 9.69 Å². The molecule has 2 saturated heterocycles. The summed E-state index contributed by atoms with van der Waals surface area (Å²) < 4.78 is 11.1. The Labute approximate surface area is 156 Å². The van der Waals surface area contributed by atoms with E-state index in [-0.39, 0.29) is 12.0 Å². The number of likely N-dealkylation sites (N-methyl/N-ethyl adjacent to an activating group) is 1. The lowest BCUT2D eigenvalue weighted by Gasteiger charge is -2.40. The molecule has 0 bridgehead atoms. The van der Waals surface area contributed by atoms with Crippen molar-refractivity contribution in [2.24, 2.45) is 0 Å². The second-order valence-electron chi connectivity index (χ2n) is 7.44. The highest BCUT2D eigenvalue weighted by Gasteiger charge is 2.32. The van der Waals surface area contributed by atoms with Gasteiger partial charge in [-0.15, -0.1) is 0 Å². The van der Waals surface area contributed by atoms with E-state index < -0.39 is 0 Å². The maximum atomic E-state index is 12.4. The summed E-state index contributed by atoms with van der Waals surface area (Å²) >= 11 is 0. The minimum atomic E-state index is 0.0844. The van der Waals surface area contributed by atoms with Gasteiger partial charge < -0.3 is 19.3 Å². The molecular weight excluding hydrogens is 330 g/mol. The van der Waals surface area contributed by atoms with Crippen LogP contribution in [0.5, 0.6) is 11.5 Å². The zero-order valence-corrected chi connectivity index (χ0v) is 16.2. The molecular formula is C20H31N3O3. The lowest BCUT2D eigenvalue weighted by molar-refractivity contribution is -0.140. The van der Waals surface area contributed by atoms with E-state index in [0.717, 1.165) is 44.1 Å². The molecule has 6 nitrogen and oxygen atoms in total. The van der Waals surface area contributed by atoms with E-state index in [1.54, 1.807) is 7.11 Å². The highest BCUT2D eigenvalue weighted by atomic mass is 16.5. The molecule has 1 amide bonds. The largest absolute Gasteiger partial charge is 0.497 e. The van der Waals surface area contributed by atoms with Gasteiger partial charge in [0.1, 0.15) is 17.6 Å². The molecule has 2 aliphatic heterocycles. The molecule has 144 valence electrons. The second kappa shape index (κ2) is 8.73. The standard InChI is InChI=1S/C20H31N3O3/c1-16(22-11-9-21(2)10-12-22)7-8-20(24)23-14-19(15-23)26-18-6-4-5-17(13-18)25-3/h4-6,13,16,19H,7-12,14-15H2,1-3H3. The first-order chi connectivity index (χ1) is 12.5. The SMILES string of the molecule is COc1cccc(OC2CN(C(=O)CCC(C)N3CCN(C)CC3)C2)c1. The quantitative estimate of drug-likeness (QED) is 0.740. The summed E-state index contributed by atoms with van der Waals surface area (Å²) in [7, 11) is 3.81. The Kier molecular flexibility index (Phi) is 6.38. The van der Waals surface area contributed by atoms with Crippen LogP contribution in [0.2, 0.25) is 0 Å². The number of methoxy groups -OCH3 is 1. The summed E-state index contributed by atoms with van der Waals surface area (Å²) in [4.78, 5) is 19.1. The van der Waals surface area contributed by atoms with Gasteiger partial charge in [-0.2, -0.15) is 0 Å². The fourth-order valence-corrected chi connectivity index (χ4v) is 3.52. The van der Waals surface area contributed by atoms with Gasteiger partial charge in [-0.25, -0.2) is 0 Å². The highest BCUT2D eigenvalue weighted by Crippen LogP contribution is 2.23. The third-order valence-corrected chi connectivity index (χ3v) is 5.48. The fraction of sp³-hybridized carbons (Fsp3) is 0.650. The van der Waals surface area contributed by atoms with Gasteiger partial charge in [0.2, 0.25) is 5.91 Å². The molecule has 1 aromatic rings. The number of hydrogen-bond acceptors (Lipinski definition) is 5. The number of benzene rings is 1. The van der Waals surface area contributed by atoms with Crippen molar-refractivity contribution >= 4 is 5.91 Å². The fourth-order valence-electron chi connectivity index (χ4n) is 3.52. The van der Waals surface area contributed by atoms with Crippen molar-refractivity contribution in [3.05, 3.63) is 24.3 Å². The van der Waals surface area contributed by atoms with Crippen LogP contribution in [0.4, 0.5) is 0 Å². The van der Waals surface area contributed by atoms with Gasteiger partial charge in [0.05, 0.1) is 20.2 Å². The minimum Gasteiger partial charge on any atom is -0.497 e. The first kappa shape index (κ1) is 19.0. The van der Waals surface area contributed by atoms with Crippen LogP contribution < -0.4 is 9.47 Å². The van der Waals surface area contributed by atoms with Crippen LogP contribution in [-0.2, 0) is 4.79 Å². The zero-order valence-electron chi connectivity index (χ0n) is 16.2. The van der Waals surface area contributed by atoms with Crippen molar-refractivity contribution in [3.63, 3.8) is 0 Å². The Balaban J connectivity index is 1.35. The van der Waals surface area contributed by atoms with E-state index in [4.69, 9.17) is 9.47 Å². The van der Waals surface area contributed by atoms with Crippen LogP contribution in [0.15, 0.2) is 24.3 Å². The number of nitrogens with zero attached hydrogens (tertiary/aromatic N) is 3. The van der Waals surface area contributed by atoms with Crippen LogP contribution in [0.1, 0.15) is 19.8 Å². The molecule has 1 aromatic carbocycles. The third-order valence-electron chi connectivity index (χ3n) is 5.48. The maximum Gasteiger partial charge on any atom is 0.222 e. The molecule has 3 rings (SSSR count). The van der Waals surface area contributed by atoms with Crippen LogP contribution >= 0.6 is 0 Å². The van der Waals surface area contributed by atoms with Gasteiger partial charge >= 0.3 is 0 Å². The van der Waals surface area contributed by atoms with Gasteiger partial charge in [-0.1, -0.05) is 6.07 Å². The minimum absolute atomic E-state index is 0.0844. The van der Waals surface area contributed by atoms with Gasteiger partial charge in [0.25, 0.3) is 0 Å². The molecule has 2 heterocycles. The van der Waals surface area contributed by atoms with Crippen LogP contribution in [-0.4, -0.2) is 86.2 Å². The zero-order chi connectivity index (χ0) is 18.5. The first-order valence-electron chi connectivity index (χ1n) is 9.56. The molecule has 6 heteroatoms. The maximum absolute atomic E-state index is 12.4. The van der Waals surface area contributed by atoms with E-state index in [2.05, 4.69) is 23.8 Å². The molecule has 1 atom stereocenters. The smallest absolute Gasteiger partial charge is 0.222 e. The molecule has 0 spiro atoms. The van der Waals surface area contributed by atoms with Crippen molar-refractivity contribution in [3.8, 4) is 11.5 Å². The van der Waals surface area contributed by atoms with E-state index in [9.17, 15) is 4.79 Å². The van der Waals surface area contributed by atoms with E-state index in [1.807, 2.05) is 29.2 Å². The number of carbonyl (C=O) groups excluding carboxylic acids is 1. The molecule has 1 unspecified atom stereocenters. The predicted octanol–water partition coefficient (Wildman–Crippen LogP) is 1.70. The Morgan fingerprint density at radius 3 is 2.58 bits per heavy atom. The van der Waals surface area contributed by atoms with Crippen LogP contribution in [0.3, 0.4) is 0 Å². The number of likely N-dealkylation sites (tertiary alicyclic amines) is 1. The normalized spacial score (nSPS) is 20.5. The van der Waals surface area contributed by atoms with Crippen LogP contribution in [0, 0.1) is 0 Å². The highest BCUT2D eigenvalue weighted by molar-refractivity contribution is 5.77. The van der Waals surface area contributed by atoms with Crippen molar-refractivity contribution in [2.45, 2.75) is 31.9 Å². The van der Waals surface area contributed by atoms with Crippen molar-refractivity contribution < 1.29 is 14.3 Å². The molecule has 0 aromatic heterocycles. The van der Waals surface area contributed by atoms with Gasteiger partial charge in [-0.05, 0) is 32.5 Å². The Bertz CT molecular complexity index is 596. The third kappa shape index (κ3) is 4.89. The number of carbonyl (C=O) groups is 1. The lowest BCUT2D eigenvalue weighted by atomic mass is 10.1. The van der Waals surface area contributed by atoms with Crippen molar-refractivity contribution in [1.29, 1.82) is 0 Å². The Hall–Kier alpha value is -1.79. The number of hydrogen-bond donors (Lipinski definition) is 0. The summed E-state index contributed by atoms with van der Waals surface area (Å²) in [6.07, 6.45) is 1.64. The molecule has 26 heavy (non-hydrogen) atoms. The average molecular weight is 361 g/mol. The summed E-state index contributed by atoms with van der Waals surface area (Å²) in [5.74, 6) is 1.83. The van der Waals surface area contributed by atoms with Crippen LogP contribution in [0.25, 0.3) is 0 Å². The first-order valence-corrected chi connectivity index (χ1v) is 9.56. The van der Waals surface area contributed by atoms with Gasteiger partial charge in [0, 0.05) is 44.7 Å². The monoisotopic (exact) mass is 361 g/mol. The topological polar surface area (TPSA) is 45.3 Å². The Morgan fingerprint density at radius 2 is 1.88 bits per heavy atom. The van der Waals surface area contributed by atoms with E-state index in [1.165, 1.54) is 0 Å². The molecule has 0 N–H and O–H groups in total. The molecule has 0 aliphatic carbocycles. The number of rotatable bonds is 7. The molecule has 2 aliphatic rings. The summed E-state index contributed by atoms with van der Waals surface area (Å²) in [5, 5.41) is 0. The average Bonchev–Trinajstić information content (AvgIpc) is 2.63. The van der Waals surface area contributed by atoms with Crippen molar-refractivity contribution in [1.82, 2.24) is 14.7 Å². The number of piperazine rings is 1. The lowest BCUT2D eigenvalue weighted by Crippen LogP contribution is -2.56. The summed E-state index contributed by atoms with van der Waals surface area (Å²) in [6.45, 7) is 8.04. The predicted molar refractivity (Wildman–Crippen MR) is 102 cm³/mol. The number of amides is 1. The summed E-state index contributed by atoms with van der Waals surface area (Å²) in [6, 6.07) is 8.07. The second-order valence-corrected chi connectivity index (χ2v) is 7.44. The Morgan fingerprint density at radius 1 is 1.19 bits per heavy atom. The van der Waals surface area contributed by atoms with Crippen molar-refractivity contribution in [2.75, 3.05) is 53.4 Å². The number of ether oxygens (including phenoxy) is 2. The summed E-state index contributed by atoms with van der Waals surface area (Å²) in [5.41, 5.74) is 0.